The number of nitrogens with one attached hydrogen (secondary N) is 1. The van der Waals surface area contributed by atoms with E-state index in [4.69, 9.17) is 10.00 Å². The summed E-state index contributed by atoms with van der Waals surface area (Å²) in [6.07, 6.45) is 1.48. The lowest BCUT2D eigenvalue weighted by Crippen LogP contribution is -2.37. The molecule has 0 radical (unpaired) electrons. The maximum atomic E-state index is 12.1. The molecule has 1 saturated heterocycles. The number of amides is 1. The maximum absolute atomic E-state index is 12.1. The van der Waals surface area contributed by atoms with Crippen molar-refractivity contribution >= 4 is 5.91 Å². The highest BCUT2D eigenvalue weighted by Crippen LogP contribution is 2.33. The summed E-state index contributed by atoms with van der Waals surface area (Å²) >= 11 is 0. The van der Waals surface area contributed by atoms with Gasteiger partial charge in [-0.1, -0.05) is 29.8 Å². The molecule has 2 atom stereocenters. The molecule has 4 nitrogen and oxygen atoms in total. The van der Waals surface area contributed by atoms with Gasteiger partial charge in [0.2, 0.25) is 5.91 Å². The van der Waals surface area contributed by atoms with Gasteiger partial charge in [-0.05, 0) is 25.3 Å². The predicted octanol–water partition coefficient (Wildman–Crippen LogP) is 2.10. The number of hydrogen-bond acceptors (Lipinski definition) is 3. The summed E-state index contributed by atoms with van der Waals surface area (Å²) in [6, 6.07) is 10.00. The van der Waals surface area contributed by atoms with Crippen LogP contribution >= 0.6 is 0 Å². The first kappa shape index (κ1) is 13.6. The van der Waals surface area contributed by atoms with Gasteiger partial charge in [0, 0.05) is 6.61 Å². The van der Waals surface area contributed by atoms with Gasteiger partial charge in [0.25, 0.3) is 0 Å². The van der Waals surface area contributed by atoms with Crippen molar-refractivity contribution in [2.75, 3.05) is 13.2 Å². The molecule has 100 valence electrons. The molecule has 2 rings (SSSR count). The summed E-state index contributed by atoms with van der Waals surface area (Å²) in [5, 5.41) is 11.2. The van der Waals surface area contributed by atoms with Crippen molar-refractivity contribution in [3.05, 3.63) is 35.4 Å². The van der Waals surface area contributed by atoms with Gasteiger partial charge in [0.15, 0.2) is 0 Å². The van der Waals surface area contributed by atoms with Gasteiger partial charge in [-0.15, -0.1) is 0 Å². The third-order valence-electron chi connectivity index (χ3n) is 3.41. The second-order valence-electron chi connectivity index (χ2n) is 4.83. The predicted molar refractivity (Wildman–Crippen MR) is 71.2 cm³/mol. The van der Waals surface area contributed by atoms with Gasteiger partial charge in [0.05, 0.1) is 18.1 Å². The van der Waals surface area contributed by atoms with Crippen LogP contribution in [0.15, 0.2) is 24.3 Å². The largest absolute Gasteiger partial charge is 0.373 e. The van der Waals surface area contributed by atoms with E-state index in [1.807, 2.05) is 37.3 Å². The van der Waals surface area contributed by atoms with Crippen LogP contribution in [-0.2, 0) is 9.53 Å². The fourth-order valence-corrected chi connectivity index (χ4v) is 2.39. The SMILES string of the molecule is Cc1ccc(C2OCCCC2C(=O)NCC#N)cc1. The lowest BCUT2D eigenvalue weighted by Gasteiger charge is -2.31. The highest BCUT2D eigenvalue weighted by Gasteiger charge is 2.32. The molecule has 1 aromatic rings. The summed E-state index contributed by atoms with van der Waals surface area (Å²) in [5.74, 6) is -0.295. The highest BCUT2D eigenvalue weighted by atomic mass is 16.5. The van der Waals surface area contributed by atoms with Crippen LogP contribution in [0.2, 0.25) is 0 Å². The zero-order valence-corrected chi connectivity index (χ0v) is 11.1. The number of carbonyl (C=O) groups excluding carboxylic acids is 1. The van der Waals surface area contributed by atoms with Crippen molar-refractivity contribution in [1.29, 1.82) is 5.26 Å². The Balaban J connectivity index is 2.14. The van der Waals surface area contributed by atoms with E-state index in [1.54, 1.807) is 0 Å². The molecule has 0 bridgehead atoms. The van der Waals surface area contributed by atoms with E-state index in [9.17, 15) is 4.79 Å². The standard InChI is InChI=1S/C15H18N2O2/c1-11-4-6-12(7-5-11)14-13(3-2-10-19-14)15(18)17-9-8-16/h4-7,13-14H,2-3,9-10H2,1H3,(H,17,18). The van der Waals surface area contributed by atoms with Crippen LogP contribution in [0, 0.1) is 24.2 Å². The van der Waals surface area contributed by atoms with Crippen LogP contribution in [0.5, 0.6) is 0 Å². The molecule has 1 aromatic carbocycles. The number of benzene rings is 1. The Morgan fingerprint density at radius 3 is 2.89 bits per heavy atom. The van der Waals surface area contributed by atoms with E-state index < -0.39 is 0 Å². The minimum Gasteiger partial charge on any atom is -0.373 e. The Bertz CT molecular complexity index is 476. The molecule has 0 aliphatic carbocycles. The molecular formula is C15H18N2O2. The average molecular weight is 258 g/mol. The lowest BCUT2D eigenvalue weighted by atomic mass is 9.88. The maximum Gasteiger partial charge on any atom is 0.226 e. The molecule has 0 spiro atoms. The molecule has 2 unspecified atom stereocenters. The smallest absolute Gasteiger partial charge is 0.226 e. The number of nitrogens with zero attached hydrogens (tertiary/aromatic N) is 1. The molecule has 1 aliphatic rings. The van der Waals surface area contributed by atoms with Crippen molar-refractivity contribution in [3.63, 3.8) is 0 Å². The second kappa shape index (κ2) is 6.35. The van der Waals surface area contributed by atoms with E-state index in [1.165, 1.54) is 5.56 Å². The lowest BCUT2D eigenvalue weighted by molar-refractivity contribution is -0.134. The van der Waals surface area contributed by atoms with Crippen molar-refractivity contribution in [2.24, 2.45) is 5.92 Å². The van der Waals surface area contributed by atoms with E-state index in [0.717, 1.165) is 18.4 Å². The summed E-state index contributed by atoms with van der Waals surface area (Å²) in [7, 11) is 0. The molecule has 1 aliphatic heterocycles. The summed E-state index contributed by atoms with van der Waals surface area (Å²) in [6.45, 7) is 2.76. The molecule has 1 heterocycles. The minimum atomic E-state index is -0.204. The third-order valence-corrected chi connectivity index (χ3v) is 3.41. The summed E-state index contributed by atoms with van der Waals surface area (Å²) < 4.78 is 5.77. The van der Waals surface area contributed by atoms with Gasteiger partial charge >= 0.3 is 0 Å². The number of aryl methyl sites for hydroxylation is 1. The number of carbonyl (C=O) groups is 1. The minimum absolute atomic E-state index is 0.0515. The number of rotatable bonds is 3. The normalized spacial score (nSPS) is 22.5. The van der Waals surface area contributed by atoms with Crippen LogP contribution in [0.4, 0.5) is 0 Å². The molecule has 0 saturated carbocycles. The van der Waals surface area contributed by atoms with Crippen LogP contribution in [0.3, 0.4) is 0 Å². The van der Waals surface area contributed by atoms with Crippen molar-refractivity contribution in [2.45, 2.75) is 25.9 Å². The fourth-order valence-electron chi connectivity index (χ4n) is 2.39. The number of nitriles is 1. The van der Waals surface area contributed by atoms with Crippen molar-refractivity contribution in [1.82, 2.24) is 5.32 Å². The zero-order valence-electron chi connectivity index (χ0n) is 11.1. The Morgan fingerprint density at radius 2 is 2.21 bits per heavy atom. The number of ether oxygens (including phenoxy) is 1. The van der Waals surface area contributed by atoms with Crippen molar-refractivity contribution in [3.8, 4) is 6.07 Å². The van der Waals surface area contributed by atoms with E-state index in [0.29, 0.717) is 6.61 Å². The second-order valence-corrected chi connectivity index (χ2v) is 4.83. The first-order chi connectivity index (χ1) is 9.22. The van der Waals surface area contributed by atoms with Crippen LogP contribution in [0.1, 0.15) is 30.1 Å². The summed E-state index contributed by atoms with van der Waals surface area (Å²) in [4.78, 5) is 12.1. The monoisotopic (exact) mass is 258 g/mol. The average Bonchev–Trinajstić information content (AvgIpc) is 2.45. The summed E-state index contributed by atoms with van der Waals surface area (Å²) in [5.41, 5.74) is 2.22. The van der Waals surface area contributed by atoms with Crippen molar-refractivity contribution < 1.29 is 9.53 Å². The van der Waals surface area contributed by atoms with E-state index in [2.05, 4.69) is 5.32 Å². The zero-order chi connectivity index (χ0) is 13.7. The Hall–Kier alpha value is -1.86. The molecule has 1 N–H and O–H groups in total. The molecular weight excluding hydrogens is 240 g/mol. The topological polar surface area (TPSA) is 62.1 Å². The fraction of sp³-hybridized carbons (Fsp3) is 0.467. The van der Waals surface area contributed by atoms with Gasteiger partial charge in [-0.2, -0.15) is 5.26 Å². The Labute approximate surface area is 113 Å². The van der Waals surface area contributed by atoms with Crippen LogP contribution in [-0.4, -0.2) is 19.1 Å². The molecule has 4 heteroatoms. The van der Waals surface area contributed by atoms with E-state index in [-0.39, 0.29) is 24.5 Å². The van der Waals surface area contributed by atoms with Crippen LogP contribution < -0.4 is 5.32 Å². The first-order valence-corrected chi connectivity index (χ1v) is 6.55. The highest BCUT2D eigenvalue weighted by molar-refractivity contribution is 5.79. The first-order valence-electron chi connectivity index (χ1n) is 6.55. The molecule has 1 amide bonds. The third kappa shape index (κ3) is 3.33. The van der Waals surface area contributed by atoms with Gasteiger partial charge in [0.1, 0.15) is 6.54 Å². The van der Waals surface area contributed by atoms with E-state index >= 15 is 0 Å². The molecule has 19 heavy (non-hydrogen) atoms. The van der Waals surface area contributed by atoms with Gasteiger partial charge in [-0.25, -0.2) is 0 Å². The quantitative estimate of drug-likeness (QED) is 0.844. The number of hydrogen-bond donors (Lipinski definition) is 1. The Kier molecular flexibility index (Phi) is 4.53. The van der Waals surface area contributed by atoms with Gasteiger partial charge in [-0.3, -0.25) is 4.79 Å². The van der Waals surface area contributed by atoms with Gasteiger partial charge < -0.3 is 10.1 Å². The van der Waals surface area contributed by atoms with Crippen LogP contribution in [0.25, 0.3) is 0 Å². The Morgan fingerprint density at radius 1 is 1.47 bits per heavy atom. The molecule has 0 aromatic heterocycles. The molecule has 1 fully saturated rings.